The molecule has 0 saturated carbocycles. The van der Waals surface area contributed by atoms with E-state index in [2.05, 4.69) is 25.3 Å². The molecule has 0 spiro atoms. The Bertz CT molecular complexity index is 1860. The van der Waals surface area contributed by atoms with Crippen molar-refractivity contribution in [3.63, 3.8) is 0 Å². The highest BCUT2D eigenvalue weighted by Crippen LogP contribution is 2.34. The topological polar surface area (TPSA) is 124 Å². The number of halogens is 6. The van der Waals surface area contributed by atoms with Crippen molar-refractivity contribution in [2.75, 3.05) is 11.9 Å². The van der Waals surface area contributed by atoms with Crippen LogP contribution in [0.3, 0.4) is 0 Å². The Balaban J connectivity index is 1.52. The third kappa shape index (κ3) is 5.67. The number of benzene rings is 2. The van der Waals surface area contributed by atoms with Gasteiger partial charge in [-0.2, -0.15) is 26.9 Å². The van der Waals surface area contributed by atoms with Crippen molar-refractivity contribution in [3.05, 3.63) is 75.5 Å². The van der Waals surface area contributed by atoms with Crippen LogP contribution >= 0.6 is 22.9 Å². The number of fused-ring (bicyclic) bond motifs is 2. The smallest absolute Gasteiger partial charge is 0.455 e. The van der Waals surface area contributed by atoms with Gasteiger partial charge >= 0.3 is 18.1 Å². The summed E-state index contributed by atoms with van der Waals surface area (Å²) in [5.41, 5.74) is 1.78. The second-order valence-corrected chi connectivity index (χ2v) is 9.99. The molecule has 3 heterocycles. The van der Waals surface area contributed by atoms with Gasteiger partial charge in [0.15, 0.2) is 22.3 Å². The van der Waals surface area contributed by atoms with Gasteiger partial charge in [-0.3, -0.25) is 9.36 Å². The fourth-order valence-corrected chi connectivity index (χ4v) is 4.77. The molecular weight excluding hydrogens is 609 g/mol. The zero-order chi connectivity index (χ0) is 30.2. The van der Waals surface area contributed by atoms with Gasteiger partial charge in [0.05, 0.1) is 33.7 Å². The number of alkyl halides is 5. The van der Waals surface area contributed by atoms with Crippen molar-refractivity contribution in [3.8, 4) is 11.6 Å². The predicted molar refractivity (Wildman–Crippen MR) is 145 cm³/mol. The third-order valence-corrected chi connectivity index (χ3v) is 6.92. The second kappa shape index (κ2) is 11.1. The van der Waals surface area contributed by atoms with Crippen LogP contribution in [0.5, 0.6) is 5.88 Å². The highest BCUT2D eigenvalue weighted by Gasteiger charge is 2.57. The van der Waals surface area contributed by atoms with Crippen LogP contribution in [0.1, 0.15) is 18.9 Å². The molecule has 218 valence electrons. The maximum Gasteiger partial charge on any atom is 0.455 e. The molecule has 10 nitrogen and oxygen atoms in total. The second-order valence-electron chi connectivity index (χ2n) is 8.75. The molecule has 0 bridgehead atoms. The van der Waals surface area contributed by atoms with Crippen molar-refractivity contribution in [1.29, 1.82) is 0 Å². The first-order valence-electron chi connectivity index (χ1n) is 11.9. The molecule has 0 aliphatic heterocycles. The number of nitrogens with one attached hydrogen (secondary N) is 2. The SMILES string of the molecule is CC(Oc1ncnc2scnc12)c1nc2cccc(Cl)c2c(=O)n1-c1cccc(NC(=O)NCC(F)(F)C(F)(F)F)c1. The highest BCUT2D eigenvalue weighted by molar-refractivity contribution is 7.16. The van der Waals surface area contributed by atoms with Crippen LogP contribution < -0.4 is 20.9 Å². The zero-order valence-electron chi connectivity index (χ0n) is 21.1. The van der Waals surface area contributed by atoms with E-state index in [9.17, 15) is 31.5 Å². The van der Waals surface area contributed by atoms with Crippen molar-refractivity contribution < 1.29 is 31.5 Å². The summed E-state index contributed by atoms with van der Waals surface area (Å²) >= 11 is 7.60. The number of carbonyl (C=O) groups is 1. The van der Waals surface area contributed by atoms with Crippen LogP contribution in [0.25, 0.3) is 26.9 Å². The molecule has 2 N–H and O–H groups in total. The summed E-state index contributed by atoms with van der Waals surface area (Å²) in [6, 6.07) is 8.95. The molecule has 5 rings (SSSR count). The molecule has 0 aliphatic carbocycles. The molecule has 2 amide bonds. The molecule has 42 heavy (non-hydrogen) atoms. The lowest BCUT2D eigenvalue weighted by molar-refractivity contribution is -0.278. The first kappa shape index (κ1) is 29.1. The standard InChI is InChI=1S/C25H17ClF5N7O3S/c1-12(41-20-18-21(34-10-33-20)42-11-35-18)19-37-16-7-3-6-15(26)17(16)22(39)38(19)14-5-2-4-13(8-14)36-23(40)32-9-24(27,28)25(29,30)31/h2-8,10-12H,9H2,1H3,(H2,32,36,40). The van der Waals surface area contributed by atoms with E-state index in [0.717, 1.165) is 0 Å². The van der Waals surface area contributed by atoms with Crippen molar-refractivity contribution in [2.24, 2.45) is 0 Å². The van der Waals surface area contributed by atoms with Crippen LogP contribution in [0.4, 0.5) is 32.4 Å². The first-order valence-corrected chi connectivity index (χ1v) is 13.1. The summed E-state index contributed by atoms with van der Waals surface area (Å²) in [6.45, 7) is -0.353. The number of hydrogen-bond donors (Lipinski definition) is 2. The molecule has 0 radical (unpaired) electrons. The number of thiazole rings is 1. The summed E-state index contributed by atoms with van der Waals surface area (Å²) in [6.07, 6.45) is -5.45. The van der Waals surface area contributed by atoms with E-state index in [1.165, 1.54) is 57.9 Å². The molecule has 0 aliphatic rings. The van der Waals surface area contributed by atoms with E-state index in [-0.39, 0.29) is 39.0 Å². The molecule has 1 atom stereocenters. The van der Waals surface area contributed by atoms with Crippen LogP contribution in [-0.2, 0) is 0 Å². The first-order chi connectivity index (χ1) is 19.9. The Morgan fingerprint density at radius 3 is 2.64 bits per heavy atom. The number of carbonyl (C=O) groups excluding carboxylic acids is 1. The van der Waals surface area contributed by atoms with Gasteiger partial charge in [-0.25, -0.2) is 19.7 Å². The third-order valence-electron chi connectivity index (χ3n) is 5.87. The van der Waals surface area contributed by atoms with Gasteiger partial charge in [-0.15, -0.1) is 11.3 Å². The van der Waals surface area contributed by atoms with E-state index in [1.54, 1.807) is 24.6 Å². The van der Waals surface area contributed by atoms with E-state index in [0.29, 0.717) is 10.3 Å². The number of hydrogen-bond acceptors (Lipinski definition) is 8. The summed E-state index contributed by atoms with van der Waals surface area (Å²) in [5, 5.41) is 3.89. The highest BCUT2D eigenvalue weighted by atomic mass is 35.5. The van der Waals surface area contributed by atoms with E-state index in [4.69, 9.17) is 16.3 Å². The van der Waals surface area contributed by atoms with Gasteiger partial charge in [0.2, 0.25) is 5.88 Å². The normalized spacial score (nSPS) is 12.8. The average Bonchev–Trinajstić information content (AvgIpc) is 3.41. The monoisotopic (exact) mass is 625 g/mol. The number of nitrogens with zero attached hydrogens (tertiary/aromatic N) is 5. The molecule has 1 unspecified atom stereocenters. The maximum absolute atomic E-state index is 13.8. The lowest BCUT2D eigenvalue weighted by Crippen LogP contribution is -2.47. The van der Waals surface area contributed by atoms with Gasteiger partial charge < -0.3 is 15.4 Å². The van der Waals surface area contributed by atoms with Crippen LogP contribution in [0.2, 0.25) is 5.02 Å². The van der Waals surface area contributed by atoms with Gasteiger partial charge in [-0.05, 0) is 37.3 Å². The Kier molecular flexibility index (Phi) is 7.68. The molecular formula is C25H17ClF5N7O3S. The largest absolute Gasteiger partial charge is 0.465 e. The molecule has 2 aromatic carbocycles. The number of rotatable bonds is 7. The fourth-order valence-electron chi connectivity index (χ4n) is 3.90. The fraction of sp³-hybridized carbons (Fsp3) is 0.200. The summed E-state index contributed by atoms with van der Waals surface area (Å²) in [7, 11) is 0. The van der Waals surface area contributed by atoms with Crippen molar-refractivity contribution >= 4 is 55.9 Å². The molecule has 5 aromatic rings. The summed E-state index contributed by atoms with van der Waals surface area (Å²) in [5.74, 6) is -4.89. The minimum absolute atomic E-state index is 0.0222. The average molecular weight is 626 g/mol. The lowest BCUT2D eigenvalue weighted by atomic mass is 10.2. The van der Waals surface area contributed by atoms with Gasteiger partial charge in [-0.1, -0.05) is 23.7 Å². The van der Waals surface area contributed by atoms with Crippen molar-refractivity contribution in [1.82, 2.24) is 29.8 Å². The van der Waals surface area contributed by atoms with Crippen LogP contribution in [0, 0.1) is 0 Å². The Labute approximate surface area is 241 Å². The van der Waals surface area contributed by atoms with Crippen molar-refractivity contribution in [2.45, 2.75) is 25.1 Å². The number of aromatic nitrogens is 5. The number of amides is 2. The molecule has 0 fully saturated rings. The summed E-state index contributed by atoms with van der Waals surface area (Å²) in [4.78, 5) is 43.6. The van der Waals surface area contributed by atoms with E-state index >= 15 is 0 Å². The predicted octanol–water partition coefficient (Wildman–Crippen LogP) is 5.90. The maximum atomic E-state index is 13.8. The van der Waals surface area contributed by atoms with Crippen LogP contribution in [-0.4, -0.2) is 49.2 Å². The Morgan fingerprint density at radius 1 is 1.12 bits per heavy atom. The Morgan fingerprint density at radius 2 is 1.88 bits per heavy atom. The molecule has 17 heteroatoms. The van der Waals surface area contributed by atoms with Gasteiger partial charge in [0.25, 0.3) is 5.56 Å². The number of ether oxygens (including phenoxy) is 1. The van der Waals surface area contributed by atoms with Gasteiger partial charge in [0, 0.05) is 5.69 Å². The van der Waals surface area contributed by atoms with Gasteiger partial charge in [0.1, 0.15) is 6.33 Å². The molecule has 0 saturated heterocycles. The summed E-state index contributed by atoms with van der Waals surface area (Å²) < 4.78 is 71.0. The van der Waals surface area contributed by atoms with E-state index < -0.39 is 36.3 Å². The number of anilines is 1. The minimum atomic E-state index is -5.84. The molecule has 3 aromatic heterocycles. The lowest BCUT2D eigenvalue weighted by Gasteiger charge is -2.21. The Hall–Kier alpha value is -4.44. The quantitative estimate of drug-likeness (QED) is 0.216. The van der Waals surface area contributed by atoms with Crippen LogP contribution in [0.15, 0.2) is 59.1 Å². The minimum Gasteiger partial charge on any atom is -0.465 e. The number of urea groups is 1. The van der Waals surface area contributed by atoms with E-state index in [1.807, 2.05) is 0 Å². The zero-order valence-corrected chi connectivity index (χ0v) is 22.7.